The molecule has 3 unspecified atom stereocenters. The fraction of sp³-hybridized carbons (Fsp3) is 0.500. The number of methoxy groups -OCH3 is 1. The van der Waals surface area contributed by atoms with Gasteiger partial charge in [0.1, 0.15) is 19.3 Å². The summed E-state index contributed by atoms with van der Waals surface area (Å²) in [7, 11) is 2.85. The van der Waals surface area contributed by atoms with E-state index in [0.29, 0.717) is 26.0 Å². The molecule has 1 aromatic carbocycles. The molecule has 308 valence electrons. The Balaban J connectivity index is -0.00000110. The number of ether oxygens (including phenoxy) is 4. The van der Waals surface area contributed by atoms with E-state index in [2.05, 4.69) is 51.8 Å². The Kier molecular flexibility index (Phi) is 35.7. The molecule has 0 bridgehead atoms. The van der Waals surface area contributed by atoms with Crippen molar-refractivity contribution >= 4 is 24.4 Å². The third-order valence-electron chi connectivity index (χ3n) is 7.12. The van der Waals surface area contributed by atoms with Gasteiger partial charge >= 0.3 is 12.1 Å². The molecule has 0 aliphatic heterocycles. The molecule has 0 saturated carbocycles. The number of amides is 2. The summed E-state index contributed by atoms with van der Waals surface area (Å²) >= 11 is 0. The lowest BCUT2D eigenvalue weighted by Gasteiger charge is -2.26. The molecule has 2 amide bonds. The molecule has 0 radical (unpaired) electrons. The molecule has 11 nitrogen and oxygen atoms in total. The van der Waals surface area contributed by atoms with Gasteiger partial charge < -0.3 is 35.3 Å². The van der Waals surface area contributed by atoms with Crippen LogP contribution in [0.3, 0.4) is 0 Å². The van der Waals surface area contributed by atoms with Crippen molar-refractivity contribution in [2.45, 2.75) is 98.1 Å². The summed E-state index contributed by atoms with van der Waals surface area (Å²) < 4.78 is 20.1. The van der Waals surface area contributed by atoms with E-state index >= 15 is 0 Å². The van der Waals surface area contributed by atoms with Crippen LogP contribution in [-0.2, 0) is 39.8 Å². The SMILES string of the molecule is C#CC(C=C)C(COC(=O)NC(COC(C)(C)C)C(=O)NCCCCC)c1ccccc1CC=C.CC.CN.COC(C)=O.O=COCC1=CC=CCC=C1. The molecule has 1 aromatic rings. The molecule has 2 rings (SSSR count). The van der Waals surface area contributed by atoms with Gasteiger partial charge in [0.05, 0.1) is 19.3 Å². The smallest absolute Gasteiger partial charge is 0.407 e. The number of alkyl carbamates (subject to hydrolysis) is 1. The largest absolute Gasteiger partial charge is 0.469 e. The van der Waals surface area contributed by atoms with Crippen LogP contribution in [0.5, 0.6) is 0 Å². The molecule has 11 heteroatoms. The quantitative estimate of drug-likeness (QED) is 0.0343. The van der Waals surface area contributed by atoms with E-state index in [1.165, 1.54) is 21.1 Å². The van der Waals surface area contributed by atoms with Gasteiger partial charge in [0.25, 0.3) is 6.47 Å². The predicted molar refractivity (Wildman–Crippen MR) is 224 cm³/mol. The first-order valence-electron chi connectivity index (χ1n) is 18.7. The van der Waals surface area contributed by atoms with Gasteiger partial charge in [-0.05, 0) is 63.8 Å². The van der Waals surface area contributed by atoms with Crippen LogP contribution in [-0.4, -0.2) is 76.6 Å². The zero-order valence-corrected chi connectivity index (χ0v) is 34.9. The van der Waals surface area contributed by atoms with Crippen molar-refractivity contribution in [3.63, 3.8) is 0 Å². The summed E-state index contributed by atoms with van der Waals surface area (Å²) in [6.07, 6.45) is 23.0. The third-order valence-corrected chi connectivity index (χ3v) is 7.12. The lowest BCUT2D eigenvalue weighted by molar-refractivity contribution is -0.138. The van der Waals surface area contributed by atoms with Gasteiger partial charge in [0.15, 0.2) is 0 Å². The Bertz CT molecular complexity index is 1360. The summed E-state index contributed by atoms with van der Waals surface area (Å²) in [5.41, 5.74) is 7.09. The Labute approximate surface area is 331 Å². The van der Waals surface area contributed by atoms with Crippen molar-refractivity contribution in [1.82, 2.24) is 10.6 Å². The molecule has 0 aromatic heterocycles. The van der Waals surface area contributed by atoms with Crippen LogP contribution in [0.15, 0.2) is 85.5 Å². The zero-order valence-electron chi connectivity index (χ0n) is 34.9. The maximum atomic E-state index is 12.7. The van der Waals surface area contributed by atoms with Crippen molar-refractivity contribution < 1.29 is 38.1 Å². The Morgan fingerprint density at radius 2 is 1.73 bits per heavy atom. The number of benzene rings is 1. The first-order chi connectivity index (χ1) is 26.4. The van der Waals surface area contributed by atoms with Crippen LogP contribution >= 0.6 is 0 Å². The van der Waals surface area contributed by atoms with Gasteiger partial charge in [0, 0.05) is 25.3 Å². The van der Waals surface area contributed by atoms with Gasteiger partial charge in [-0.15, -0.1) is 19.6 Å². The van der Waals surface area contributed by atoms with E-state index in [1.54, 1.807) is 6.08 Å². The van der Waals surface area contributed by atoms with Crippen LogP contribution < -0.4 is 16.4 Å². The second kappa shape index (κ2) is 36.1. The number of carbonyl (C=O) groups is 4. The number of terminal acetylenes is 1. The van der Waals surface area contributed by atoms with Crippen LogP contribution in [0.25, 0.3) is 0 Å². The van der Waals surface area contributed by atoms with Crippen molar-refractivity contribution in [3.05, 3.63) is 96.7 Å². The van der Waals surface area contributed by atoms with Gasteiger partial charge in [0.2, 0.25) is 5.91 Å². The number of nitrogens with one attached hydrogen (secondary N) is 2. The predicted octanol–water partition coefficient (Wildman–Crippen LogP) is 7.53. The van der Waals surface area contributed by atoms with Crippen molar-refractivity contribution in [3.8, 4) is 12.3 Å². The number of unbranched alkanes of at least 4 members (excludes halogenated alkanes) is 2. The zero-order chi connectivity index (χ0) is 42.5. The normalized spacial score (nSPS) is 12.6. The monoisotopic (exact) mass is 768 g/mol. The molecule has 3 atom stereocenters. The number of hydrogen-bond acceptors (Lipinski definition) is 9. The standard InChI is InChI=1S/C29H42N2O4.C9H10O2.C3H6O2.C2H6.CH5N/c1-8-12-15-19-30-27(32)26(21-35-29(5,6)7)31-28(33)34-20-25(22(10-3)11-4)24-18-14-13-17-23(24)16-9-2;10-8-11-7-9-5-3-1-2-4-6-9;1-3(4)5-2;2*1-2/h3,9,11,13-14,17-18,22,25-26H,2,4,8,12,15-16,19-21H2,1,5-7H3,(H,30,32)(H,31,33);1,3-6,8H,2,7H2;1-2H3;1-2H3;2H2,1H3. The third kappa shape index (κ3) is 29.2. The average molecular weight is 768 g/mol. The highest BCUT2D eigenvalue weighted by Gasteiger charge is 2.27. The van der Waals surface area contributed by atoms with E-state index in [1.807, 2.05) is 95.3 Å². The molecule has 0 heterocycles. The molecule has 1 aliphatic rings. The molecule has 1 aliphatic carbocycles. The summed E-state index contributed by atoms with van der Waals surface area (Å²) in [6.45, 7) is 22.2. The van der Waals surface area contributed by atoms with Crippen molar-refractivity contribution in [2.75, 3.05) is 40.5 Å². The second-order valence-electron chi connectivity index (χ2n) is 12.4. The van der Waals surface area contributed by atoms with Crippen LogP contribution in [0, 0.1) is 18.3 Å². The van der Waals surface area contributed by atoms with Crippen LogP contribution in [0.1, 0.15) is 91.2 Å². The topological polar surface area (TPSA) is 155 Å². The molecule has 0 spiro atoms. The van der Waals surface area contributed by atoms with Crippen molar-refractivity contribution in [2.24, 2.45) is 11.7 Å². The maximum Gasteiger partial charge on any atom is 0.407 e. The first-order valence-corrected chi connectivity index (χ1v) is 18.7. The Morgan fingerprint density at radius 1 is 1.07 bits per heavy atom. The van der Waals surface area contributed by atoms with Crippen molar-refractivity contribution in [1.29, 1.82) is 0 Å². The van der Waals surface area contributed by atoms with E-state index in [0.717, 1.165) is 42.4 Å². The molecular formula is C44H69N3O8. The molecular weight excluding hydrogens is 698 g/mol. The fourth-order valence-electron chi connectivity index (χ4n) is 4.40. The van der Waals surface area contributed by atoms with E-state index in [-0.39, 0.29) is 36.9 Å². The summed E-state index contributed by atoms with van der Waals surface area (Å²) in [6, 6.07) is 6.97. The lowest BCUT2D eigenvalue weighted by atomic mass is 9.84. The van der Waals surface area contributed by atoms with Gasteiger partial charge in [-0.25, -0.2) is 4.79 Å². The lowest BCUT2D eigenvalue weighted by Crippen LogP contribution is -2.50. The minimum Gasteiger partial charge on any atom is -0.469 e. The maximum absolute atomic E-state index is 12.7. The first kappa shape index (κ1) is 54.4. The van der Waals surface area contributed by atoms with Gasteiger partial charge in [-0.1, -0.05) is 106 Å². The number of allylic oxidation sites excluding steroid dienone is 6. The van der Waals surface area contributed by atoms with Crippen LogP contribution in [0.4, 0.5) is 4.79 Å². The minimum absolute atomic E-state index is 0.0312. The molecule has 0 saturated heterocycles. The number of carbonyl (C=O) groups excluding carboxylic acids is 4. The fourth-order valence-corrected chi connectivity index (χ4v) is 4.40. The highest BCUT2D eigenvalue weighted by Crippen LogP contribution is 2.29. The highest BCUT2D eigenvalue weighted by atomic mass is 16.6. The number of esters is 1. The van der Waals surface area contributed by atoms with E-state index < -0.39 is 17.7 Å². The van der Waals surface area contributed by atoms with E-state index in [9.17, 15) is 19.2 Å². The molecule has 55 heavy (non-hydrogen) atoms. The van der Waals surface area contributed by atoms with Gasteiger partial charge in [-0.2, -0.15) is 0 Å². The van der Waals surface area contributed by atoms with Gasteiger partial charge in [-0.3, -0.25) is 14.4 Å². The van der Waals surface area contributed by atoms with E-state index in [4.69, 9.17) is 15.9 Å². The highest BCUT2D eigenvalue weighted by molar-refractivity contribution is 5.85. The summed E-state index contributed by atoms with van der Waals surface area (Å²) in [5, 5.41) is 5.53. The second-order valence-corrected chi connectivity index (χ2v) is 12.4. The summed E-state index contributed by atoms with van der Waals surface area (Å²) in [4.78, 5) is 44.9. The molecule has 4 N–H and O–H groups in total. The number of rotatable bonds is 18. The Hall–Kier alpha value is -4.92. The number of hydrogen-bond donors (Lipinski definition) is 3. The molecule has 0 fully saturated rings. The number of nitrogens with two attached hydrogens (primary N) is 1. The average Bonchev–Trinajstić information content (AvgIpc) is 3.47. The van der Waals surface area contributed by atoms with Crippen LogP contribution in [0.2, 0.25) is 0 Å². The summed E-state index contributed by atoms with van der Waals surface area (Å²) in [5.74, 6) is 1.56. The Morgan fingerprint density at radius 3 is 2.27 bits per heavy atom. The minimum atomic E-state index is -0.877.